The van der Waals surface area contributed by atoms with E-state index in [2.05, 4.69) is 29.8 Å². The summed E-state index contributed by atoms with van der Waals surface area (Å²) in [6.45, 7) is 9.49. The SMILES string of the molecule is CC1C(NCc2cccs2)CCCN1C(=O)OC(C)(C)C. The molecular weight excluding hydrogens is 284 g/mol. The molecule has 2 unspecified atom stereocenters. The normalized spacial score (nSPS) is 23.1. The Balaban J connectivity index is 1.91. The van der Waals surface area contributed by atoms with Crippen molar-refractivity contribution in [1.29, 1.82) is 0 Å². The van der Waals surface area contributed by atoms with Gasteiger partial charge in [-0.25, -0.2) is 4.79 Å². The largest absolute Gasteiger partial charge is 0.444 e. The van der Waals surface area contributed by atoms with Crippen LogP contribution in [0.3, 0.4) is 0 Å². The van der Waals surface area contributed by atoms with Crippen molar-refractivity contribution in [3.05, 3.63) is 22.4 Å². The number of likely N-dealkylation sites (tertiary alicyclic amines) is 1. The van der Waals surface area contributed by atoms with Gasteiger partial charge in [-0.05, 0) is 52.0 Å². The Bertz CT molecular complexity index is 453. The summed E-state index contributed by atoms with van der Waals surface area (Å²) in [7, 11) is 0. The molecule has 0 aliphatic carbocycles. The highest BCUT2D eigenvalue weighted by Crippen LogP contribution is 2.21. The first-order chi connectivity index (χ1) is 9.87. The number of piperidine rings is 1. The lowest BCUT2D eigenvalue weighted by molar-refractivity contribution is 0.00700. The molecule has 1 aliphatic heterocycles. The molecule has 0 bridgehead atoms. The summed E-state index contributed by atoms with van der Waals surface area (Å²) in [5.41, 5.74) is -0.436. The van der Waals surface area contributed by atoms with Gasteiger partial charge in [0.05, 0.1) is 0 Å². The van der Waals surface area contributed by atoms with E-state index in [0.717, 1.165) is 25.9 Å². The van der Waals surface area contributed by atoms with E-state index in [0.29, 0.717) is 6.04 Å². The highest BCUT2D eigenvalue weighted by Gasteiger charge is 2.33. The van der Waals surface area contributed by atoms with Crippen LogP contribution in [0.15, 0.2) is 17.5 Å². The zero-order valence-corrected chi connectivity index (χ0v) is 14.2. The topological polar surface area (TPSA) is 41.6 Å². The Morgan fingerprint density at radius 1 is 1.52 bits per heavy atom. The van der Waals surface area contributed by atoms with Crippen molar-refractivity contribution in [3.63, 3.8) is 0 Å². The molecule has 0 radical (unpaired) electrons. The second-order valence-electron chi connectivity index (χ2n) is 6.62. The zero-order chi connectivity index (χ0) is 15.5. The fourth-order valence-corrected chi connectivity index (χ4v) is 3.29. The maximum absolute atomic E-state index is 12.3. The van der Waals surface area contributed by atoms with Crippen LogP contribution in [0.25, 0.3) is 0 Å². The van der Waals surface area contributed by atoms with Crippen molar-refractivity contribution in [2.45, 2.75) is 64.8 Å². The molecule has 1 amide bonds. The number of ether oxygens (including phenoxy) is 1. The molecule has 0 spiro atoms. The van der Waals surface area contributed by atoms with Gasteiger partial charge in [0.15, 0.2) is 0 Å². The van der Waals surface area contributed by atoms with Crippen molar-refractivity contribution in [2.24, 2.45) is 0 Å². The third-order valence-corrected chi connectivity index (χ3v) is 4.61. The van der Waals surface area contributed by atoms with Gasteiger partial charge in [-0.3, -0.25) is 0 Å². The van der Waals surface area contributed by atoms with Gasteiger partial charge in [0, 0.05) is 30.1 Å². The second kappa shape index (κ2) is 6.79. The molecule has 0 saturated carbocycles. The molecule has 118 valence electrons. The highest BCUT2D eigenvalue weighted by molar-refractivity contribution is 7.09. The number of rotatable bonds is 3. The van der Waals surface area contributed by atoms with Crippen LogP contribution in [0, 0.1) is 0 Å². The molecule has 1 saturated heterocycles. The molecule has 1 aliphatic rings. The van der Waals surface area contributed by atoms with Gasteiger partial charge in [0.25, 0.3) is 0 Å². The van der Waals surface area contributed by atoms with E-state index < -0.39 is 5.60 Å². The van der Waals surface area contributed by atoms with Crippen LogP contribution in [-0.4, -0.2) is 35.2 Å². The van der Waals surface area contributed by atoms with Gasteiger partial charge in [0.2, 0.25) is 0 Å². The summed E-state index contributed by atoms with van der Waals surface area (Å²) in [4.78, 5) is 15.5. The molecule has 1 aromatic rings. The van der Waals surface area contributed by atoms with E-state index in [1.807, 2.05) is 25.7 Å². The minimum atomic E-state index is -0.436. The van der Waals surface area contributed by atoms with Crippen molar-refractivity contribution >= 4 is 17.4 Å². The Kier molecular flexibility index (Phi) is 5.27. The maximum Gasteiger partial charge on any atom is 0.410 e. The average Bonchev–Trinajstić information content (AvgIpc) is 2.88. The lowest BCUT2D eigenvalue weighted by Crippen LogP contribution is -2.55. The third-order valence-electron chi connectivity index (χ3n) is 3.73. The predicted octanol–water partition coefficient (Wildman–Crippen LogP) is 3.63. The predicted molar refractivity (Wildman–Crippen MR) is 86.6 cm³/mol. The van der Waals surface area contributed by atoms with E-state index in [9.17, 15) is 4.79 Å². The van der Waals surface area contributed by atoms with Crippen LogP contribution < -0.4 is 5.32 Å². The summed E-state index contributed by atoms with van der Waals surface area (Å²) in [5.74, 6) is 0. The van der Waals surface area contributed by atoms with Gasteiger partial charge in [-0.2, -0.15) is 0 Å². The van der Waals surface area contributed by atoms with E-state index in [1.54, 1.807) is 11.3 Å². The van der Waals surface area contributed by atoms with Crippen LogP contribution in [0.1, 0.15) is 45.4 Å². The number of carbonyl (C=O) groups excluding carboxylic acids is 1. The standard InChI is InChI=1S/C16H26N2O2S/c1-12-14(17-11-13-7-6-10-21-13)8-5-9-18(12)15(19)20-16(2,3)4/h6-7,10,12,14,17H,5,8-9,11H2,1-4H3. The molecule has 5 heteroatoms. The van der Waals surface area contributed by atoms with Gasteiger partial charge in [0.1, 0.15) is 5.60 Å². The van der Waals surface area contributed by atoms with Crippen molar-refractivity contribution in [3.8, 4) is 0 Å². The summed E-state index contributed by atoms with van der Waals surface area (Å²) in [6.07, 6.45) is 1.93. The lowest BCUT2D eigenvalue weighted by Gasteiger charge is -2.40. The van der Waals surface area contributed by atoms with Gasteiger partial charge in [-0.15, -0.1) is 11.3 Å². The molecule has 2 atom stereocenters. The molecule has 21 heavy (non-hydrogen) atoms. The zero-order valence-electron chi connectivity index (χ0n) is 13.4. The van der Waals surface area contributed by atoms with Crippen LogP contribution in [0.2, 0.25) is 0 Å². The first kappa shape index (κ1) is 16.3. The number of amides is 1. The number of nitrogens with zero attached hydrogens (tertiary/aromatic N) is 1. The smallest absolute Gasteiger partial charge is 0.410 e. The third kappa shape index (κ3) is 4.71. The average molecular weight is 310 g/mol. The molecule has 2 heterocycles. The van der Waals surface area contributed by atoms with Crippen LogP contribution in [-0.2, 0) is 11.3 Å². The highest BCUT2D eigenvalue weighted by atomic mass is 32.1. The Morgan fingerprint density at radius 2 is 2.29 bits per heavy atom. The summed E-state index contributed by atoms with van der Waals surface area (Å²) in [6, 6.07) is 4.69. The fraction of sp³-hybridized carbons (Fsp3) is 0.688. The number of carbonyl (C=O) groups is 1. The minimum Gasteiger partial charge on any atom is -0.444 e. The molecule has 1 N–H and O–H groups in total. The Labute approximate surface area is 131 Å². The molecule has 1 aromatic heterocycles. The minimum absolute atomic E-state index is 0.161. The number of hydrogen-bond acceptors (Lipinski definition) is 4. The van der Waals surface area contributed by atoms with Gasteiger partial charge >= 0.3 is 6.09 Å². The van der Waals surface area contributed by atoms with Gasteiger partial charge < -0.3 is 15.0 Å². The quantitative estimate of drug-likeness (QED) is 0.927. The number of thiophene rings is 1. The lowest BCUT2D eigenvalue weighted by atomic mass is 9.98. The van der Waals surface area contributed by atoms with E-state index in [-0.39, 0.29) is 12.1 Å². The van der Waals surface area contributed by atoms with Crippen molar-refractivity contribution in [1.82, 2.24) is 10.2 Å². The first-order valence-corrected chi connectivity index (χ1v) is 8.50. The van der Waals surface area contributed by atoms with Crippen molar-refractivity contribution in [2.75, 3.05) is 6.54 Å². The van der Waals surface area contributed by atoms with Crippen molar-refractivity contribution < 1.29 is 9.53 Å². The second-order valence-corrected chi connectivity index (χ2v) is 7.66. The van der Waals surface area contributed by atoms with Crippen LogP contribution in [0.5, 0.6) is 0 Å². The monoisotopic (exact) mass is 310 g/mol. The molecule has 4 nitrogen and oxygen atoms in total. The maximum atomic E-state index is 12.3. The van der Waals surface area contributed by atoms with E-state index in [4.69, 9.17) is 4.74 Å². The fourth-order valence-electron chi connectivity index (χ4n) is 2.64. The van der Waals surface area contributed by atoms with E-state index in [1.165, 1.54) is 4.88 Å². The summed E-state index contributed by atoms with van der Waals surface area (Å²) >= 11 is 1.76. The molecule has 0 aromatic carbocycles. The van der Waals surface area contributed by atoms with Crippen LogP contribution in [0.4, 0.5) is 4.79 Å². The van der Waals surface area contributed by atoms with E-state index >= 15 is 0 Å². The number of hydrogen-bond donors (Lipinski definition) is 1. The number of nitrogens with one attached hydrogen (secondary N) is 1. The first-order valence-electron chi connectivity index (χ1n) is 7.62. The Hall–Kier alpha value is -1.07. The molecule has 2 rings (SSSR count). The summed E-state index contributed by atoms with van der Waals surface area (Å²) in [5, 5.41) is 5.67. The Morgan fingerprint density at radius 3 is 2.90 bits per heavy atom. The molecule has 1 fully saturated rings. The summed E-state index contributed by atoms with van der Waals surface area (Å²) < 4.78 is 5.51. The van der Waals surface area contributed by atoms with Gasteiger partial charge in [-0.1, -0.05) is 6.07 Å². The van der Waals surface area contributed by atoms with Crippen LogP contribution >= 0.6 is 11.3 Å². The molecular formula is C16H26N2O2S.